The molecule has 2 aromatic carbocycles. The van der Waals surface area contributed by atoms with Gasteiger partial charge in [-0.15, -0.1) is 0 Å². The number of aromatic nitrogens is 2. The third-order valence-corrected chi connectivity index (χ3v) is 4.51. The average molecular weight is 388 g/mol. The number of nitrogens with zero attached hydrogens (tertiary/aromatic N) is 3. The van der Waals surface area contributed by atoms with Crippen LogP contribution in [-0.4, -0.2) is 22.7 Å². The topological polar surface area (TPSA) is 64.2 Å². The number of aryl methyl sites for hydroxylation is 1. The summed E-state index contributed by atoms with van der Waals surface area (Å²) < 4.78 is 39.7. The summed E-state index contributed by atoms with van der Waals surface area (Å²) in [5.74, 6) is 0.125. The number of hydrogen-bond donors (Lipinski definition) is 1. The zero-order valence-corrected chi connectivity index (χ0v) is 15.6. The maximum absolute atomic E-state index is 12.8. The van der Waals surface area contributed by atoms with E-state index < -0.39 is 17.6 Å². The molecule has 0 unspecified atom stereocenters. The lowest BCUT2D eigenvalue weighted by Crippen LogP contribution is -2.28. The molecule has 0 saturated heterocycles. The largest absolute Gasteiger partial charge is 0.416 e. The van der Waals surface area contributed by atoms with Crippen LogP contribution in [0.2, 0.25) is 0 Å². The molecule has 5 nitrogen and oxygen atoms in total. The molecule has 28 heavy (non-hydrogen) atoms. The molecule has 0 spiro atoms. The maximum atomic E-state index is 12.8. The molecule has 0 atom stereocenters. The van der Waals surface area contributed by atoms with Crippen molar-refractivity contribution in [3.8, 4) is 11.3 Å². The number of nitrogens with two attached hydrogens (primary N) is 1. The maximum Gasteiger partial charge on any atom is 0.416 e. The van der Waals surface area contributed by atoms with E-state index in [1.807, 2.05) is 19.1 Å². The number of carbonyl (C=O) groups is 1. The van der Waals surface area contributed by atoms with Crippen molar-refractivity contribution in [2.75, 3.05) is 17.7 Å². The van der Waals surface area contributed by atoms with E-state index >= 15 is 0 Å². The standard InChI is InChI=1S/C20H19F3N4O/c1-12-17(13-6-10-16(24)11-7-13)25-27(3)18(12)26(2)19(28)14-4-8-15(9-5-14)20(21,22)23/h4-11H,24H2,1-3H3. The van der Waals surface area contributed by atoms with Crippen molar-refractivity contribution in [1.82, 2.24) is 9.78 Å². The van der Waals surface area contributed by atoms with E-state index in [-0.39, 0.29) is 5.56 Å². The Morgan fingerprint density at radius 1 is 1.07 bits per heavy atom. The first kappa shape index (κ1) is 19.5. The fraction of sp³-hybridized carbons (Fsp3) is 0.200. The van der Waals surface area contributed by atoms with Gasteiger partial charge in [0.1, 0.15) is 5.82 Å². The molecule has 1 amide bonds. The molecule has 1 aromatic heterocycles. The second kappa shape index (κ2) is 7.03. The minimum Gasteiger partial charge on any atom is -0.399 e. The number of carbonyl (C=O) groups excluding carboxylic acids is 1. The fourth-order valence-electron chi connectivity index (χ4n) is 3.10. The van der Waals surface area contributed by atoms with Crippen LogP contribution in [0.25, 0.3) is 11.3 Å². The zero-order valence-electron chi connectivity index (χ0n) is 15.6. The van der Waals surface area contributed by atoms with Gasteiger partial charge in [-0.25, -0.2) is 0 Å². The molecular weight excluding hydrogens is 369 g/mol. The number of hydrogen-bond acceptors (Lipinski definition) is 3. The van der Waals surface area contributed by atoms with Gasteiger partial charge in [0.05, 0.1) is 11.3 Å². The minimum atomic E-state index is -4.44. The van der Waals surface area contributed by atoms with Crippen molar-refractivity contribution in [1.29, 1.82) is 0 Å². The van der Waals surface area contributed by atoms with E-state index in [1.54, 1.807) is 30.9 Å². The third kappa shape index (κ3) is 3.58. The smallest absolute Gasteiger partial charge is 0.399 e. The molecule has 2 N–H and O–H groups in total. The number of anilines is 2. The molecule has 0 aliphatic carbocycles. The first-order valence-corrected chi connectivity index (χ1v) is 8.44. The van der Waals surface area contributed by atoms with Crippen LogP contribution in [0.1, 0.15) is 21.5 Å². The van der Waals surface area contributed by atoms with Crippen molar-refractivity contribution in [2.24, 2.45) is 7.05 Å². The van der Waals surface area contributed by atoms with Gasteiger partial charge in [0.15, 0.2) is 0 Å². The van der Waals surface area contributed by atoms with Gasteiger partial charge in [0, 0.05) is 36.5 Å². The first-order valence-electron chi connectivity index (χ1n) is 8.44. The Morgan fingerprint density at radius 3 is 2.18 bits per heavy atom. The highest BCUT2D eigenvalue weighted by Crippen LogP contribution is 2.32. The Kier molecular flexibility index (Phi) is 4.89. The second-order valence-corrected chi connectivity index (χ2v) is 6.48. The normalized spacial score (nSPS) is 11.5. The Morgan fingerprint density at radius 2 is 1.64 bits per heavy atom. The Balaban J connectivity index is 1.93. The molecule has 0 radical (unpaired) electrons. The number of benzene rings is 2. The van der Waals surface area contributed by atoms with E-state index in [9.17, 15) is 18.0 Å². The highest BCUT2D eigenvalue weighted by Gasteiger charge is 2.30. The lowest BCUT2D eigenvalue weighted by Gasteiger charge is -2.19. The molecule has 146 valence electrons. The van der Waals surface area contributed by atoms with Gasteiger partial charge in [-0.1, -0.05) is 12.1 Å². The Labute approximate surface area is 160 Å². The molecular formula is C20H19F3N4O. The van der Waals surface area contributed by atoms with Crippen LogP contribution in [-0.2, 0) is 13.2 Å². The second-order valence-electron chi connectivity index (χ2n) is 6.48. The van der Waals surface area contributed by atoms with Gasteiger partial charge < -0.3 is 5.73 Å². The molecule has 0 aliphatic rings. The van der Waals surface area contributed by atoms with Gasteiger partial charge in [0.2, 0.25) is 0 Å². The molecule has 3 rings (SSSR count). The van der Waals surface area contributed by atoms with Crippen molar-refractivity contribution in [3.05, 3.63) is 65.2 Å². The SMILES string of the molecule is Cc1c(-c2ccc(N)cc2)nn(C)c1N(C)C(=O)c1ccc(C(F)(F)F)cc1. The van der Waals surface area contributed by atoms with Gasteiger partial charge in [-0.2, -0.15) is 18.3 Å². The summed E-state index contributed by atoms with van der Waals surface area (Å²) in [6, 6.07) is 11.4. The highest BCUT2D eigenvalue weighted by molar-refractivity contribution is 6.06. The first-order chi connectivity index (χ1) is 13.1. The molecule has 0 fully saturated rings. The molecule has 3 aromatic rings. The zero-order chi connectivity index (χ0) is 20.6. The summed E-state index contributed by atoms with van der Waals surface area (Å²) in [5.41, 5.74) is 8.03. The van der Waals surface area contributed by atoms with E-state index in [4.69, 9.17) is 5.73 Å². The Bertz CT molecular complexity index is 1010. The number of rotatable bonds is 3. The Hall–Kier alpha value is -3.29. The van der Waals surface area contributed by atoms with E-state index in [2.05, 4.69) is 5.10 Å². The highest BCUT2D eigenvalue weighted by atomic mass is 19.4. The van der Waals surface area contributed by atoms with Crippen molar-refractivity contribution < 1.29 is 18.0 Å². The third-order valence-electron chi connectivity index (χ3n) is 4.51. The average Bonchev–Trinajstić information content (AvgIpc) is 2.95. The monoisotopic (exact) mass is 388 g/mol. The van der Waals surface area contributed by atoms with Crippen LogP contribution in [0, 0.1) is 6.92 Å². The van der Waals surface area contributed by atoms with Gasteiger partial charge in [-0.05, 0) is 43.3 Å². The van der Waals surface area contributed by atoms with Crippen LogP contribution in [0.5, 0.6) is 0 Å². The molecule has 0 aliphatic heterocycles. The van der Waals surface area contributed by atoms with E-state index in [1.165, 1.54) is 17.0 Å². The summed E-state index contributed by atoms with van der Waals surface area (Å²) in [6.07, 6.45) is -4.44. The summed E-state index contributed by atoms with van der Waals surface area (Å²) in [6.45, 7) is 1.84. The number of nitrogen functional groups attached to an aromatic ring is 1. The van der Waals surface area contributed by atoms with Crippen molar-refractivity contribution in [3.63, 3.8) is 0 Å². The van der Waals surface area contributed by atoms with Crippen LogP contribution >= 0.6 is 0 Å². The number of alkyl halides is 3. The fourth-order valence-corrected chi connectivity index (χ4v) is 3.10. The molecule has 0 saturated carbocycles. The molecule has 0 bridgehead atoms. The summed E-state index contributed by atoms with van der Waals surface area (Å²) in [5, 5.41) is 4.49. The minimum absolute atomic E-state index is 0.158. The van der Waals surface area contributed by atoms with Crippen LogP contribution in [0.3, 0.4) is 0 Å². The predicted molar refractivity (Wildman–Crippen MR) is 102 cm³/mol. The van der Waals surface area contributed by atoms with Gasteiger partial charge >= 0.3 is 6.18 Å². The summed E-state index contributed by atoms with van der Waals surface area (Å²) in [4.78, 5) is 14.2. The van der Waals surface area contributed by atoms with E-state index in [0.29, 0.717) is 17.2 Å². The molecule has 1 heterocycles. The predicted octanol–water partition coefficient (Wildman–Crippen LogP) is 4.27. The van der Waals surface area contributed by atoms with E-state index in [0.717, 1.165) is 23.3 Å². The van der Waals surface area contributed by atoms with Crippen LogP contribution < -0.4 is 10.6 Å². The van der Waals surface area contributed by atoms with Crippen molar-refractivity contribution in [2.45, 2.75) is 13.1 Å². The molecule has 8 heteroatoms. The van der Waals surface area contributed by atoms with Crippen LogP contribution in [0.4, 0.5) is 24.7 Å². The van der Waals surface area contributed by atoms with Crippen molar-refractivity contribution >= 4 is 17.4 Å². The summed E-state index contributed by atoms with van der Waals surface area (Å²) >= 11 is 0. The van der Waals surface area contributed by atoms with Gasteiger partial charge in [-0.3, -0.25) is 14.4 Å². The quantitative estimate of drug-likeness (QED) is 0.682. The number of amides is 1. The lowest BCUT2D eigenvalue weighted by atomic mass is 10.1. The number of halogens is 3. The summed E-state index contributed by atoms with van der Waals surface area (Å²) in [7, 11) is 3.27. The lowest BCUT2D eigenvalue weighted by molar-refractivity contribution is -0.137. The van der Waals surface area contributed by atoms with Crippen LogP contribution in [0.15, 0.2) is 48.5 Å². The van der Waals surface area contributed by atoms with Gasteiger partial charge in [0.25, 0.3) is 5.91 Å².